The molecule has 0 saturated heterocycles. The lowest BCUT2D eigenvalue weighted by atomic mass is 9.84. The number of carbonyl (C=O) groups excluding carboxylic acids is 2. The fourth-order valence-electron chi connectivity index (χ4n) is 3.78. The van der Waals surface area contributed by atoms with E-state index in [1.807, 2.05) is 24.3 Å². The van der Waals surface area contributed by atoms with Gasteiger partial charge in [0.1, 0.15) is 17.5 Å². The van der Waals surface area contributed by atoms with Gasteiger partial charge in [-0.05, 0) is 39.1 Å². The fourth-order valence-corrected chi connectivity index (χ4v) is 3.78. The maximum Gasteiger partial charge on any atom is 0.355 e. The third-order valence-corrected chi connectivity index (χ3v) is 5.58. The van der Waals surface area contributed by atoms with Crippen LogP contribution in [0.4, 0.5) is 5.95 Å². The van der Waals surface area contributed by atoms with E-state index in [2.05, 4.69) is 41.6 Å². The Morgan fingerprint density at radius 2 is 1.79 bits per heavy atom. The van der Waals surface area contributed by atoms with Crippen LogP contribution in [-0.2, 0) is 14.9 Å². The van der Waals surface area contributed by atoms with Gasteiger partial charge in [-0.25, -0.2) is 4.79 Å². The molecule has 0 saturated carbocycles. The van der Waals surface area contributed by atoms with Crippen molar-refractivity contribution in [1.29, 1.82) is 0 Å². The highest BCUT2D eigenvalue weighted by Gasteiger charge is 2.38. The number of aromatic nitrogens is 4. The predicted molar refractivity (Wildman–Crippen MR) is 121 cm³/mol. The van der Waals surface area contributed by atoms with Crippen LogP contribution in [0.25, 0.3) is 0 Å². The predicted octanol–water partition coefficient (Wildman–Crippen LogP) is 3.30. The van der Waals surface area contributed by atoms with Crippen LogP contribution in [0.1, 0.15) is 48.3 Å². The Morgan fingerprint density at radius 3 is 2.42 bits per heavy atom. The summed E-state index contributed by atoms with van der Waals surface area (Å²) in [7, 11) is 2.78. The van der Waals surface area contributed by atoms with Gasteiger partial charge in [0.2, 0.25) is 5.95 Å². The number of allylic oxidation sites excluding steroid dienone is 1. The number of Topliss-reactive ketones (excluding diaryl/α,β-unsaturated/α-hetero) is 1. The van der Waals surface area contributed by atoms with E-state index in [0.717, 1.165) is 11.1 Å². The highest BCUT2D eigenvalue weighted by Crippen LogP contribution is 2.37. The molecule has 1 aliphatic rings. The van der Waals surface area contributed by atoms with Crippen molar-refractivity contribution in [3.05, 3.63) is 76.5 Å². The number of anilines is 1. The van der Waals surface area contributed by atoms with Gasteiger partial charge in [0, 0.05) is 5.56 Å². The summed E-state index contributed by atoms with van der Waals surface area (Å²) in [5.74, 6) is -0.291. The molecule has 4 rings (SSSR count). The van der Waals surface area contributed by atoms with E-state index in [9.17, 15) is 9.59 Å². The van der Waals surface area contributed by atoms with Crippen molar-refractivity contribution in [3.8, 4) is 5.75 Å². The van der Waals surface area contributed by atoms with Crippen LogP contribution in [0.5, 0.6) is 5.75 Å². The molecule has 0 bridgehead atoms. The Morgan fingerprint density at radius 1 is 1.06 bits per heavy atom. The molecule has 0 amide bonds. The molecule has 0 spiro atoms. The first-order chi connectivity index (χ1) is 15.7. The third kappa shape index (κ3) is 4.09. The van der Waals surface area contributed by atoms with Gasteiger partial charge in [-0.2, -0.15) is 4.68 Å². The van der Waals surface area contributed by atoms with E-state index in [1.54, 1.807) is 24.3 Å². The average molecular weight is 447 g/mol. The lowest BCUT2D eigenvalue weighted by Gasteiger charge is -2.28. The number of nitrogens with one attached hydrogen (secondary N) is 1. The number of fused-ring (bicyclic) bond motifs is 1. The van der Waals surface area contributed by atoms with Gasteiger partial charge in [0.05, 0.1) is 19.8 Å². The van der Waals surface area contributed by atoms with E-state index >= 15 is 0 Å². The average Bonchev–Trinajstić information content (AvgIpc) is 3.30. The zero-order valence-corrected chi connectivity index (χ0v) is 19.1. The second-order valence-electron chi connectivity index (χ2n) is 8.69. The minimum absolute atomic E-state index is 0.00230. The van der Waals surface area contributed by atoms with Crippen LogP contribution in [0.2, 0.25) is 0 Å². The summed E-state index contributed by atoms with van der Waals surface area (Å²) in [5, 5.41) is 14.7. The Bertz CT molecular complexity index is 1240. The third-order valence-electron chi connectivity index (χ3n) is 5.58. The van der Waals surface area contributed by atoms with Crippen molar-refractivity contribution in [1.82, 2.24) is 20.2 Å². The van der Waals surface area contributed by atoms with Crippen LogP contribution < -0.4 is 10.1 Å². The maximum atomic E-state index is 13.8. The number of hydrogen-bond acceptors (Lipinski definition) is 8. The second-order valence-corrected chi connectivity index (χ2v) is 8.69. The van der Waals surface area contributed by atoms with Crippen LogP contribution >= 0.6 is 0 Å². The van der Waals surface area contributed by atoms with Crippen LogP contribution in [0.3, 0.4) is 0 Å². The number of benzene rings is 2. The standard InChI is InChI=1S/C24H25N5O4/c1-24(2,3)16-11-9-14(10-12-16)20-18(21(30)15-7-6-8-17(13-15)32-4)19(22(31)33-5)25-23-26-27-28-29(20)23/h6-13,20H,1-5H3,(H,25,26,28)/t20-/m1/s1. The fraction of sp³-hybridized carbons (Fsp3) is 0.292. The smallest absolute Gasteiger partial charge is 0.355 e. The molecule has 9 heteroatoms. The molecule has 1 atom stereocenters. The zero-order valence-electron chi connectivity index (χ0n) is 19.1. The molecule has 0 aliphatic carbocycles. The molecule has 0 unspecified atom stereocenters. The number of carbonyl (C=O) groups is 2. The number of nitrogens with zero attached hydrogens (tertiary/aromatic N) is 4. The van der Waals surface area contributed by atoms with E-state index in [0.29, 0.717) is 11.3 Å². The molecule has 9 nitrogen and oxygen atoms in total. The SMILES string of the molecule is COC(=O)C1=C(C(=O)c2cccc(OC)c2)[C@@H](c2ccc(C(C)(C)C)cc2)n2nnnc2N1. The van der Waals surface area contributed by atoms with Gasteiger partial charge in [0.15, 0.2) is 5.78 Å². The minimum Gasteiger partial charge on any atom is -0.497 e. The maximum absolute atomic E-state index is 13.8. The quantitative estimate of drug-likeness (QED) is 0.469. The molecule has 0 radical (unpaired) electrons. The molecular formula is C24H25N5O4. The summed E-state index contributed by atoms with van der Waals surface area (Å²) in [6.45, 7) is 6.37. The summed E-state index contributed by atoms with van der Waals surface area (Å²) >= 11 is 0. The number of esters is 1. The van der Waals surface area contributed by atoms with Gasteiger partial charge < -0.3 is 14.8 Å². The molecule has 3 aromatic rings. The van der Waals surface area contributed by atoms with E-state index in [-0.39, 0.29) is 28.4 Å². The summed E-state index contributed by atoms with van der Waals surface area (Å²) in [6.07, 6.45) is 0. The molecule has 0 fully saturated rings. The second kappa shape index (κ2) is 8.50. The van der Waals surface area contributed by atoms with E-state index in [4.69, 9.17) is 9.47 Å². The highest BCUT2D eigenvalue weighted by atomic mass is 16.5. The topological polar surface area (TPSA) is 108 Å². The number of methoxy groups -OCH3 is 2. The number of hydrogen-bond donors (Lipinski definition) is 1. The Labute approximate surface area is 191 Å². The van der Waals surface area contributed by atoms with Crippen LogP contribution in [-0.4, -0.2) is 46.2 Å². The first-order valence-corrected chi connectivity index (χ1v) is 10.4. The van der Waals surface area contributed by atoms with E-state index in [1.165, 1.54) is 18.9 Å². The Kier molecular flexibility index (Phi) is 5.71. The first-order valence-electron chi connectivity index (χ1n) is 10.4. The van der Waals surface area contributed by atoms with Gasteiger partial charge >= 0.3 is 5.97 Å². The molecule has 1 aliphatic heterocycles. The van der Waals surface area contributed by atoms with Gasteiger partial charge in [-0.1, -0.05) is 62.3 Å². The Balaban J connectivity index is 1.91. The number of ether oxygens (including phenoxy) is 2. The van der Waals surface area contributed by atoms with Crippen molar-refractivity contribution >= 4 is 17.7 Å². The Hall–Kier alpha value is -4.01. The zero-order chi connectivity index (χ0) is 23.8. The van der Waals surface area contributed by atoms with Crippen molar-refractivity contribution < 1.29 is 19.1 Å². The monoisotopic (exact) mass is 447 g/mol. The van der Waals surface area contributed by atoms with Gasteiger partial charge in [-0.15, -0.1) is 0 Å². The van der Waals surface area contributed by atoms with Gasteiger partial charge in [0.25, 0.3) is 0 Å². The number of rotatable bonds is 5. The van der Waals surface area contributed by atoms with Crippen molar-refractivity contribution in [2.45, 2.75) is 32.2 Å². The molecule has 1 N–H and O–H groups in total. The highest BCUT2D eigenvalue weighted by molar-refractivity contribution is 6.15. The molecule has 2 heterocycles. The van der Waals surface area contributed by atoms with Crippen LogP contribution in [0.15, 0.2) is 59.8 Å². The summed E-state index contributed by atoms with van der Waals surface area (Å²) in [4.78, 5) is 26.5. The normalized spacial score (nSPS) is 15.5. The van der Waals surface area contributed by atoms with Crippen molar-refractivity contribution in [2.75, 3.05) is 19.5 Å². The van der Waals surface area contributed by atoms with Crippen molar-refractivity contribution in [2.24, 2.45) is 0 Å². The molecule has 1 aromatic heterocycles. The summed E-state index contributed by atoms with van der Waals surface area (Å²) in [6, 6.07) is 13.9. The molecule has 33 heavy (non-hydrogen) atoms. The van der Waals surface area contributed by atoms with E-state index < -0.39 is 12.0 Å². The lowest BCUT2D eigenvalue weighted by Crippen LogP contribution is -2.33. The largest absolute Gasteiger partial charge is 0.497 e. The summed E-state index contributed by atoms with van der Waals surface area (Å²) < 4.78 is 11.7. The lowest BCUT2D eigenvalue weighted by molar-refractivity contribution is -0.136. The molecule has 2 aromatic carbocycles. The van der Waals surface area contributed by atoms with Crippen LogP contribution in [0, 0.1) is 0 Å². The first kappa shape index (κ1) is 22.2. The minimum atomic E-state index is -0.738. The number of tetrazole rings is 1. The summed E-state index contributed by atoms with van der Waals surface area (Å²) in [5.41, 5.74) is 2.38. The number of ketones is 1. The van der Waals surface area contributed by atoms with Gasteiger partial charge in [-0.3, -0.25) is 4.79 Å². The van der Waals surface area contributed by atoms with Crippen molar-refractivity contribution in [3.63, 3.8) is 0 Å². The molecular weight excluding hydrogens is 422 g/mol. The molecule has 170 valence electrons.